The number of imidazole rings is 1. The molecule has 2 fully saturated rings. The fourth-order valence-electron chi connectivity index (χ4n) is 3.72. The molecule has 9 heteroatoms. The number of carbonyl (C=O) groups is 1. The number of H-pyrrole nitrogens is 1. The predicted octanol–water partition coefficient (Wildman–Crippen LogP) is 3.90. The quantitative estimate of drug-likeness (QED) is 0.423. The zero-order valence-electron chi connectivity index (χ0n) is 17.1. The van der Waals surface area contributed by atoms with E-state index < -0.39 is 11.9 Å². The maximum absolute atomic E-state index is 15.3. The Kier molecular flexibility index (Phi) is 4.90. The smallest absolute Gasteiger partial charge is 0.212 e. The van der Waals surface area contributed by atoms with Crippen molar-refractivity contribution in [2.45, 2.75) is 45.1 Å². The zero-order valence-corrected chi connectivity index (χ0v) is 17.1. The first-order valence-electron chi connectivity index (χ1n) is 10.5. The van der Waals surface area contributed by atoms with E-state index in [0.29, 0.717) is 45.6 Å². The number of aromatic nitrogens is 5. The molecule has 3 N–H and O–H groups in total. The molecule has 2 aliphatic rings. The minimum absolute atomic E-state index is 0.0930. The highest BCUT2D eigenvalue weighted by Crippen LogP contribution is 2.45. The van der Waals surface area contributed by atoms with Gasteiger partial charge in [0.05, 0.1) is 35.9 Å². The maximum Gasteiger partial charge on any atom is 0.212 e. The summed E-state index contributed by atoms with van der Waals surface area (Å²) < 4.78 is 17.0. The molecule has 3 heterocycles. The zero-order chi connectivity index (χ0) is 21.5. The number of carbonyl (C=O) groups excluding carboxylic acids is 1. The van der Waals surface area contributed by atoms with Crippen LogP contribution in [-0.4, -0.2) is 36.1 Å². The first-order chi connectivity index (χ1) is 15.1. The third kappa shape index (κ3) is 3.65. The van der Waals surface area contributed by atoms with Crippen LogP contribution in [0.4, 0.5) is 10.2 Å². The molecule has 1 amide bonds. The van der Waals surface area contributed by atoms with Gasteiger partial charge in [-0.3, -0.25) is 14.9 Å². The first-order valence-corrected chi connectivity index (χ1v) is 10.5. The van der Waals surface area contributed by atoms with Crippen LogP contribution in [0.3, 0.4) is 0 Å². The van der Waals surface area contributed by atoms with Crippen LogP contribution < -0.4 is 5.32 Å². The maximum atomic E-state index is 15.3. The molecule has 8 nitrogen and oxygen atoms in total. The third-order valence-electron chi connectivity index (χ3n) is 5.64. The standard InChI is InChI=1S/C19H17FN6O2.C3H6/c1-9-15(12-6-26-7-13(22-8-27)24-14(26)5-21-12)11-4-23-25-18(11)16(17(9)20)19(28)10-2-3-10;1-2-3-1/h4-8,10,19,28H,2-3H2,1H3,(H,22,27)(H,23,25);1-3H2. The van der Waals surface area contributed by atoms with Crippen LogP contribution in [0.5, 0.6) is 0 Å². The highest BCUT2D eigenvalue weighted by molar-refractivity contribution is 5.97. The Morgan fingerprint density at radius 1 is 1.29 bits per heavy atom. The number of nitrogens with one attached hydrogen (secondary N) is 2. The normalized spacial score (nSPS) is 16.1. The summed E-state index contributed by atoms with van der Waals surface area (Å²) in [5.41, 5.74) is 2.87. The van der Waals surface area contributed by atoms with E-state index in [1.165, 1.54) is 19.3 Å². The van der Waals surface area contributed by atoms with Gasteiger partial charge in [-0.15, -0.1) is 0 Å². The molecule has 0 spiro atoms. The second-order valence-corrected chi connectivity index (χ2v) is 8.16. The number of aromatic amines is 1. The van der Waals surface area contributed by atoms with Gasteiger partial charge in [-0.05, 0) is 31.2 Å². The van der Waals surface area contributed by atoms with E-state index in [9.17, 15) is 9.90 Å². The number of anilines is 1. The van der Waals surface area contributed by atoms with Crippen molar-refractivity contribution >= 4 is 28.8 Å². The molecule has 160 valence electrons. The van der Waals surface area contributed by atoms with E-state index in [1.54, 1.807) is 36.1 Å². The highest BCUT2D eigenvalue weighted by Gasteiger charge is 2.35. The fourth-order valence-corrected chi connectivity index (χ4v) is 3.72. The van der Waals surface area contributed by atoms with Crippen molar-refractivity contribution in [1.29, 1.82) is 0 Å². The van der Waals surface area contributed by atoms with Gasteiger partial charge in [0.2, 0.25) is 6.41 Å². The monoisotopic (exact) mass is 422 g/mol. The number of benzene rings is 1. The molecule has 6 rings (SSSR count). The van der Waals surface area contributed by atoms with Crippen LogP contribution in [0.1, 0.15) is 49.3 Å². The summed E-state index contributed by atoms with van der Waals surface area (Å²) in [4.78, 5) is 19.3. The van der Waals surface area contributed by atoms with E-state index >= 15 is 4.39 Å². The van der Waals surface area contributed by atoms with Crippen LogP contribution in [0, 0.1) is 18.7 Å². The van der Waals surface area contributed by atoms with Crippen molar-refractivity contribution in [3.8, 4) is 11.3 Å². The molecule has 31 heavy (non-hydrogen) atoms. The topological polar surface area (TPSA) is 108 Å². The molecule has 2 saturated carbocycles. The van der Waals surface area contributed by atoms with E-state index in [-0.39, 0.29) is 11.5 Å². The van der Waals surface area contributed by atoms with E-state index in [1.807, 2.05) is 0 Å². The van der Waals surface area contributed by atoms with Crippen LogP contribution >= 0.6 is 0 Å². The molecule has 0 radical (unpaired) electrons. The molecule has 1 aromatic carbocycles. The van der Waals surface area contributed by atoms with Gasteiger partial charge in [-0.2, -0.15) is 5.10 Å². The van der Waals surface area contributed by atoms with Gasteiger partial charge in [-0.1, -0.05) is 19.3 Å². The number of aliphatic hydroxyl groups is 1. The average Bonchev–Trinajstić information content (AvgIpc) is 3.69. The Labute approximate surface area is 177 Å². The molecule has 0 bridgehead atoms. The number of hydrogen-bond donors (Lipinski definition) is 3. The molecular formula is C22H23FN6O2. The van der Waals surface area contributed by atoms with Crippen molar-refractivity contribution in [2.75, 3.05) is 5.32 Å². The van der Waals surface area contributed by atoms with E-state index in [0.717, 1.165) is 12.8 Å². The molecule has 1 unspecified atom stereocenters. The summed E-state index contributed by atoms with van der Waals surface area (Å²) in [6.45, 7) is 1.68. The second kappa shape index (κ2) is 7.73. The van der Waals surface area contributed by atoms with Crippen LogP contribution in [0.25, 0.3) is 27.8 Å². The lowest BCUT2D eigenvalue weighted by Crippen LogP contribution is -2.07. The van der Waals surface area contributed by atoms with Gasteiger partial charge in [0.1, 0.15) is 5.82 Å². The van der Waals surface area contributed by atoms with Crippen molar-refractivity contribution in [3.05, 3.63) is 41.7 Å². The van der Waals surface area contributed by atoms with Crippen molar-refractivity contribution in [1.82, 2.24) is 24.6 Å². The number of rotatable bonds is 5. The summed E-state index contributed by atoms with van der Waals surface area (Å²) >= 11 is 0. The minimum atomic E-state index is -0.850. The molecule has 0 saturated heterocycles. The average molecular weight is 422 g/mol. The van der Waals surface area contributed by atoms with Crippen molar-refractivity contribution < 1.29 is 14.3 Å². The Hall–Kier alpha value is -3.33. The summed E-state index contributed by atoms with van der Waals surface area (Å²) in [6.07, 6.45) is 12.6. The SMILES string of the molecule is C1CC1.Cc1c(F)c(C(O)C2CC2)c2[nH]ncc2c1-c1cn2cc(NC=O)nc2cn1. The number of nitrogens with zero attached hydrogens (tertiary/aromatic N) is 4. The Bertz CT molecular complexity index is 1270. The van der Waals surface area contributed by atoms with Crippen LogP contribution in [-0.2, 0) is 4.79 Å². The number of halogens is 1. The van der Waals surface area contributed by atoms with Gasteiger partial charge in [0.25, 0.3) is 0 Å². The molecule has 3 aromatic heterocycles. The third-order valence-corrected chi connectivity index (χ3v) is 5.64. The molecule has 1 atom stereocenters. The van der Waals surface area contributed by atoms with Crippen molar-refractivity contribution in [3.63, 3.8) is 0 Å². The molecule has 0 aliphatic heterocycles. The first kappa shape index (κ1) is 19.6. The number of amides is 1. The molecule has 4 aromatic rings. The minimum Gasteiger partial charge on any atom is -0.388 e. The number of fused-ring (bicyclic) bond motifs is 2. The molecule has 2 aliphatic carbocycles. The van der Waals surface area contributed by atoms with E-state index in [4.69, 9.17) is 0 Å². The lowest BCUT2D eigenvalue weighted by molar-refractivity contribution is -0.105. The summed E-state index contributed by atoms with van der Waals surface area (Å²) in [5.74, 6) is 0.0469. The van der Waals surface area contributed by atoms with Crippen molar-refractivity contribution in [2.24, 2.45) is 5.92 Å². The Morgan fingerprint density at radius 2 is 2.06 bits per heavy atom. The highest BCUT2D eigenvalue weighted by atomic mass is 19.1. The lowest BCUT2D eigenvalue weighted by Gasteiger charge is -2.17. The predicted molar refractivity (Wildman–Crippen MR) is 114 cm³/mol. The number of hydrogen-bond acceptors (Lipinski definition) is 5. The van der Waals surface area contributed by atoms with Gasteiger partial charge in [-0.25, -0.2) is 9.37 Å². The van der Waals surface area contributed by atoms with Crippen LogP contribution in [0.15, 0.2) is 24.8 Å². The Morgan fingerprint density at radius 3 is 2.74 bits per heavy atom. The lowest BCUT2D eigenvalue weighted by atomic mass is 9.93. The summed E-state index contributed by atoms with van der Waals surface area (Å²) in [5, 5.41) is 20.7. The summed E-state index contributed by atoms with van der Waals surface area (Å²) in [6, 6.07) is 0. The largest absolute Gasteiger partial charge is 0.388 e. The second-order valence-electron chi connectivity index (χ2n) is 8.16. The summed E-state index contributed by atoms with van der Waals surface area (Å²) in [7, 11) is 0. The van der Waals surface area contributed by atoms with Gasteiger partial charge in [0, 0.05) is 22.7 Å². The molecular weight excluding hydrogens is 399 g/mol. The fraction of sp³-hybridized carbons (Fsp3) is 0.364. The Balaban J connectivity index is 0.000000628. The van der Waals surface area contributed by atoms with Gasteiger partial charge < -0.3 is 14.8 Å². The van der Waals surface area contributed by atoms with Crippen LogP contribution in [0.2, 0.25) is 0 Å². The van der Waals surface area contributed by atoms with Gasteiger partial charge in [0.15, 0.2) is 11.5 Å². The van der Waals surface area contributed by atoms with E-state index in [2.05, 4.69) is 25.5 Å². The number of aliphatic hydroxyl groups excluding tert-OH is 1. The van der Waals surface area contributed by atoms with Gasteiger partial charge >= 0.3 is 0 Å².